The van der Waals surface area contributed by atoms with Crippen LogP contribution in [0.4, 0.5) is 5.82 Å². The Morgan fingerprint density at radius 3 is 3.17 bits per heavy atom. The van der Waals surface area contributed by atoms with E-state index in [2.05, 4.69) is 20.7 Å². The fourth-order valence-corrected chi connectivity index (χ4v) is 1.78. The van der Waals surface area contributed by atoms with Gasteiger partial charge in [0.2, 0.25) is 0 Å². The maximum atomic E-state index is 11.9. The molecule has 18 heavy (non-hydrogen) atoms. The number of nitrogens with two attached hydrogens (primary N) is 1. The molecule has 1 fully saturated rings. The zero-order valence-corrected chi connectivity index (χ0v) is 9.72. The number of aromatic amines is 1. The Labute approximate surface area is 103 Å². The SMILES string of the molecule is NC(=NO)c1cn[nH]c1NC(=O)C1CCCCO1. The summed E-state index contributed by atoms with van der Waals surface area (Å²) in [7, 11) is 0. The van der Waals surface area contributed by atoms with Crippen molar-refractivity contribution >= 4 is 17.6 Å². The van der Waals surface area contributed by atoms with Crippen LogP contribution in [0.15, 0.2) is 11.4 Å². The second-order valence-corrected chi connectivity index (χ2v) is 3.99. The van der Waals surface area contributed by atoms with Crippen LogP contribution >= 0.6 is 0 Å². The lowest BCUT2D eigenvalue weighted by Crippen LogP contribution is -2.33. The van der Waals surface area contributed by atoms with Gasteiger partial charge in [-0.1, -0.05) is 5.16 Å². The molecule has 1 unspecified atom stereocenters. The van der Waals surface area contributed by atoms with Crippen LogP contribution in [0.1, 0.15) is 24.8 Å². The fourth-order valence-electron chi connectivity index (χ4n) is 1.78. The Bertz CT molecular complexity index is 450. The quantitative estimate of drug-likeness (QED) is 0.261. The second kappa shape index (κ2) is 5.50. The topological polar surface area (TPSA) is 126 Å². The van der Waals surface area contributed by atoms with E-state index in [-0.39, 0.29) is 11.7 Å². The number of rotatable bonds is 3. The van der Waals surface area contributed by atoms with Crippen LogP contribution in [0.5, 0.6) is 0 Å². The fraction of sp³-hybridized carbons (Fsp3) is 0.500. The first-order chi connectivity index (χ1) is 8.72. The zero-order chi connectivity index (χ0) is 13.0. The average Bonchev–Trinajstić information content (AvgIpc) is 2.87. The largest absolute Gasteiger partial charge is 0.409 e. The lowest BCUT2D eigenvalue weighted by molar-refractivity contribution is -0.130. The lowest BCUT2D eigenvalue weighted by Gasteiger charge is -2.21. The lowest BCUT2D eigenvalue weighted by atomic mass is 10.1. The molecule has 98 valence electrons. The number of carbonyl (C=O) groups is 1. The molecular weight excluding hydrogens is 238 g/mol. The third-order valence-corrected chi connectivity index (χ3v) is 2.74. The summed E-state index contributed by atoms with van der Waals surface area (Å²) in [5.41, 5.74) is 5.79. The maximum absolute atomic E-state index is 11.9. The Hall–Kier alpha value is -2.09. The molecule has 2 rings (SSSR count). The highest BCUT2D eigenvalue weighted by atomic mass is 16.5. The summed E-state index contributed by atoms with van der Waals surface area (Å²) < 4.78 is 5.36. The number of nitrogens with zero attached hydrogens (tertiary/aromatic N) is 2. The van der Waals surface area contributed by atoms with E-state index in [1.54, 1.807) is 0 Å². The summed E-state index contributed by atoms with van der Waals surface area (Å²) in [6.45, 7) is 0.591. The van der Waals surface area contributed by atoms with Gasteiger partial charge in [0, 0.05) is 6.61 Å². The van der Waals surface area contributed by atoms with Gasteiger partial charge in [0.1, 0.15) is 11.9 Å². The van der Waals surface area contributed by atoms with Gasteiger partial charge >= 0.3 is 0 Å². The molecule has 0 radical (unpaired) electrons. The van der Waals surface area contributed by atoms with E-state index in [0.29, 0.717) is 24.4 Å². The number of hydrogen-bond acceptors (Lipinski definition) is 5. The van der Waals surface area contributed by atoms with Crippen LogP contribution in [-0.4, -0.2) is 39.9 Å². The Kier molecular flexibility index (Phi) is 3.78. The summed E-state index contributed by atoms with van der Waals surface area (Å²) in [6.07, 6.45) is 3.55. The van der Waals surface area contributed by atoms with Gasteiger partial charge in [-0.3, -0.25) is 9.89 Å². The molecule has 1 aliphatic heterocycles. The Morgan fingerprint density at radius 2 is 2.50 bits per heavy atom. The van der Waals surface area contributed by atoms with E-state index in [9.17, 15) is 4.79 Å². The third kappa shape index (κ3) is 2.59. The summed E-state index contributed by atoms with van der Waals surface area (Å²) in [5.74, 6) is -0.0842. The van der Waals surface area contributed by atoms with Gasteiger partial charge in [-0.2, -0.15) is 5.10 Å². The van der Waals surface area contributed by atoms with Crippen molar-refractivity contribution < 1.29 is 14.7 Å². The highest BCUT2D eigenvalue weighted by Gasteiger charge is 2.23. The van der Waals surface area contributed by atoms with Crippen molar-refractivity contribution in [3.8, 4) is 0 Å². The summed E-state index contributed by atoms with van der Waals surface area (Å²) >= 11 is 0. The molecule has 1 aliphatic rings. The molecule has 8 heteroatoms. The first-order valence-electron chi connectivity index (χ1n) is 5.66. The highest BCUT2D eigenvalue weighted by Crippen LogP contribution is 2.16. The van der Waals surface area contributed by atoms with Gasteiger partial charge in [0.15, 0.2) is 5.84 Å². The first kappa shape index (κ1) is 12.4. The number of ether oxygens (including phenoxy) is 1. The number of nitrogens with one attached hydrogen (secondary N) is 2. The number of amides is 1. The zero-order valence-electron chi connectivity index (χ0n) is 9.72. The minimum Gasteiger partial charge on any atom is -0.409 e. The molecule has 2 heterocycles. The molecule has 1 aromatic rings. The van der Waals surface area contributed by atoms with Crippen LogP contribution < -0.4 is 11.1 Å². The van der Waals surface area contributed by atoms with Crippen LogP contribution in [0, 0.1) is 0 Å². The maximum Gasteiger partial charge on any atom is 0.254 e. The smallest absolute Gasteiger partial charge is 0.254 e. The predicted octanol–water partition coefficient (Wildman–Crippen LogP) is 0.0118. The van der Waals surface area contributed by atoms with Crippen LogP contribution in [-0.2, 0) is 9.53 Å². The van der Waals surface area contributed by atoms with E-state index in [0.717, 1.165) is 12.8 Å². The third-order valence-electron chi connectivity index (χ3n) is 2.74. The molecule has 0 aliphatic carbocycles. The number of H-pyrrole nitrogens is 1. The molecule has 1 saturated heterocycles. The number of hydrogen-bond donors (Lipinski definition) is 4. The number of carbonyl (C=O) groups excluding carboxylic acids is 1. The van der Waals surface area contributed by atoms with Crippen molar-refractivity contribution in [1.29, 1.82) is 0 Å². The molecule has 5 N–H and O–H groups in total. The molecule has 1 aromatic heterocycles. The summed E-state index contributed by atoms with van der Waals surface area (Å²) in [5, 5.41) is 20.4. The van der Waals surface area contributed by atoms with Gasteiger partial charge in [-0.25, -0.2) is 0 Å². The van der Waals surface area contributed by atoms with Crippen LogP contribution in [0.25, 0.3) is 0 Å². The van der Waals surface area contributed by atoms with Crippen LogP contribution in [0.2, 0.25) is 0 Å². The van der Waals surface area contributed by atoms with Gasteiger partial charge < -0.3 is 21.0 Å². The Morgan fingerprint density at radius 1 is 1.67 bits per heavy atom. The van der Waals surface area contributed by atoms with E-state index < -0.39 is 6.10 Å². The molecule has 0 aromatic carbocycles. The molecular formula is C10H15N5O3. The number of anilines is 1. The minimum atomic E-state index is -0.456. The number of amidine groups is 1. The van der Waals surface area contributed by atoms with E-state index in [1.807, 2.05) is 0 Å². The molecule has 0 spiro atoms. The van der Waals surface area contributed by atoms with Crippen molar-refractivity contribution in [2.75, 3.05) is 11.9 Å². The van der Waals surface area contributed by atoms with Crippen molar-refractivity contribution in [3.05, 3.63) is 11.8 Å². The van der Waals surface area contributed by atoms with E-state index in [4.69, 9.17) is 15.7 Å². The predicted molar refractivity (Wildman–Crippen MR) is 63.3 cm³/mol. The first-order valence-corrected chi connectivity index (χ1v) is 5.66. The Balaban J connectivity index is 2.05. The number of oxime groups is 1. The van der Waals surface area contributed by atoms with E-state index in [1.165, 1.54) is 6.20 Å². The molecule has 1 amide bonds. The van der Waals surface area contributed by atoms with Crippen molar-refractivity contribution in [2.45, 2.75) is 25.4 Å². The van der Waals surface area contributed by atoms with Crippen molar-refractivity contribution in [3.63, 3.8) is 0 Å². The van der Waals surface area contributed by atoms with Gasteiger partial charge in [-0.05, 0) is 19.3 Å². The van der Waals surface area contributed by atoms with Crippen molar-refractivity contribution in [2.24, 2.45) is 10.9 Å². The van der Waals surface area contributed by atoms with Crippen molar-refractivity contribution in [1.82, 2.24) is 10.2 Å². The molecule has 0 saturated carbocycles. The highest BCUT2D eigenvalue weighted by molar-refractivity contribution is 6.05. The molecule has 0 bridgehead atoms. The minimum absolute atomic E-state index is 0.122. The van der Waals surface area contributed by atoms with E-state index >= 15 is 0 Å². The number of aromatic nitrogens is 2. The van der Waals surface area contributed by atoms with Crippen LogP contribution in [0.3, 0.4) is 0 Å². The van der Waals surface area contributed by atoms with Gasteiger partial charge in [0.05, 0.1) is 11.8 Å². The molecule has 8 nitrogen and oxygen atoms in total. The summed E-state index contributed by atoms with van der Waals surface area (Å²) in [4.78, 5) is 11.9. The average molecular weight is 253 g/mol. The standard InChI is InChI=1S/C10H15N5O3/c11-8(15-17)6-5-12-14-9(6)13-10(16)7-3-1-2-4-18-7/h5,7,17H,1-4H2,(H2,11,15)(H2,12,13,14,16). The van der Waals surface area contributed by atoms with Gasteiger partial charge in [-0.15, -0.1) is 0 Å². The monoisotopic (exact) mass is 253 g/mol. The van der Waals surface area contributed by atoms with Gasteiger partial charge in [0.25, 0.3) is 5.91 Å². The molecule has 1 atom stereocenters. The summed E-state index contributed by atoms with van der Waals surface area (Å²) in [6, 6.07) is 0. The second-order valence-electron chi connectivity index (χ2n) is 3.99. The normalized spacial score (nSPS) is 20.7.